The smallest absolute Gasteiger partial charge is 0.136 e. The lowest BCUT2D eigenvalue weighted by molar-refractivity contribution is 0.600. The van der Waals surface area contributed by atoms with Gasteiger partial charge in [0, 0.05) is 39.7 Å². The van der Waals surface area contributed by atoms with Crippen LogP contribution in [0.3, 0.4) is 0 Å². The summed E-state index contributed by atoms with van der Waals surface area (Å²) in [5.74, 6) is 1.38. The van der Waals surface area contributed by atoms with E-state index in [1.54, 1.807) is 0 Å². The molecule has 0 radical (unpaired) electrons. The number of fused-ring (bicyclic) bond motifs is 13. The average Bonchev–Trinajstić information content (AvgIpc) is 3.70. The third-order valence-corrected chi connectivity index (χ3v) is 10.4. The van der Waals surface area contributed by atoms with Gasteiger partial charge in [-0.05, 0) is 58.0 Å². The predicted octanol–water partition coefficient (Wildman–Crippen LogP) is 9.76. The molecule has 45 heavy (non-hydrogen) atoms. The maximum Gasteiger partial charge on any atom is 0.136 e. The molecule has 3 heteroatoms. The van der Waals surface area contributed by atoms with E-state index in [2.05, 4.69) is 157 Å². The Kier molecular flexibility index (Phi) is 4.97. The fourth-order valence-electron chi connectivity index (χ4n) is 8.42. The number of aromatic nitrogens is 3. The Hall–Kier alpha value is -5.54. The first-order chi connectivity index (χ1) is 22.2. The van der Waals surface area contributed by atoms with E-state index in [4.69, 9.17) is 9.97 Å². The summed E-state index contributed by atoms with van der Waals surface area (Å²) in [6, 6.07) is 42.3. The molecule has 0 saturated carbocycles. The second-order valence-corrected chi connectivity index (χ2v) is 12.6. The molecule has 2 heterocycles. The summed E-state index contributed by atoms with van der Waals surface area (Å²) in [7, 11) is 0. The van der Waals surface area contributed by atoms with Crippen molar-refractivity contribution in [1.82, 2.24) is 14.5 Å². The second kappa shape index (κ2) is 8.99. The van der Waals surface area contributed by atoms with Gasteiger partial charge in [-0.15, -0.1) is 0 Å². The van der Waals surface area contributed by atoms with Crippen molar-refractivity contribution in [2.24, 2.45) is 5.92 Å². The molecule has 2 aromatic heterocycles. The lowest BCUT2D eigenvalue weighted by atomic mass is 9.71. The van der Waals surface area contributed by atoms with Crippen LogP contribution in [0.15, 0.2) is 146 Å². The van der Waals surface area contributed by atoms with E-state index in [0.717, 1.165) is 17.2 Å². The van der Waals surface area contributed by atoms with Crippen molar-refractivity contribution in [3.63, 3.8) is 0 Å². The van der Waals surface area contributed by atoms with Gasteiger partial charge in [-0.1, -0.05) is 122 Å². The largest absolute Gasteiger partial charge is 0.309 e. The van der Waals surface area contributed by atoms with Gasteiger partial charge in [-0.25, -0.2) is 9.97 Å². The molecule has 0 aliphatic heterocycles. The highest BCUT2D eigenvalue weighted by atomic mass is 15.0. The van der Waals surface area contributed by atoms with Crippen LogP contribution in [0.1, 0.15) is 40.9 Å². The van der Waals surface area contributed by atoms with Crippen LogP contribution in [0.5, 0.6) is 0 Å². The van der Waals surface area contributed by atoms with Gasteiger partial charge in [0.1, 0.15) is 5.82 Å². The van der Waals surface area contributed by atoms with Gasteiger partial charge in [0.15, 0.2) is 0 Å². The summed E-state index contributed by atoms with van der Waals surface area (Å²) in [4.78, 5) is 10.5. The number of allylic oxidation sites excluding steroid dienone is 4. The predicted molar refractivity (Wildman–Crippen MR) is 183 cm³/mol. The molecule has 7 aromatic rings. The van der Waals surface area contributed by atoms with Crippen molar-refractivity contribution in [2.75, 3.05) is 0 Å². The summed E-state index contributed by atoms with van der Waals surface area (Å²) in [6.07, 6.45) is 10.9. The second-order valence-electron chi connectivity index (χ2n) is 12.6. The van der Waals surface area contributed by atoms with Gasteiger partial charge >= 0.3 is 0 Å². The first kappa shape index (κ1) is 24.9. The van der Waals surface area contributed by atoms with Crippen LogP contribution in [0.2, 0.25) is 0 Å². The van der Waals surface area contributed by atoms with Crippen LogP contribution in [-0.4, -0.2) is 14.5 Å². The van der Waals surface area contributed by atoms with Gasteiger partial charge in [-0.2, -0.15) is 0 Å². The van der Waals surface area contributed by atoms with Crippen molar-refractivity contribution >= 4 is 21.8 Å². The third-order valence-electron chi connectivity index (χ3n) is 10.4. The van der Waals surface area contributed by atoms with Gasteiger partial charge in [0.05, 0.1) is 22.1 Å². The molecule has 10 rings (SSSR count). The quantitative estimate of drug-likeness (QED) is 0.205. The molecule has 3 aliphatic carbocycles. The van der Waals surface area contributed by atoms with E-state index in [1.165, 1.54) is 60.8 Å². The number of hydrogen-bond acceptors (Lipinski definition) is 2. The highest BCUT2D eigenvalue weighted by Gasteiger charge is 2.53. The number of rotatable bonds is 2. The van der Waals surface area contributed by atoms with Crippen LogP contribution in [0.4, 0.5) is 0 Å². The normalized spacial score (nSPS) is 18.3. The minimum atomic E-state index is -0.501. The Labute approximate surface area is 261 Å². The maximum atomic E-state index is 5.42. The van der Waals surface area contributed by atoms with Gasteiger partial charge in [0.25, 0.3) is 0 Å². The average molecular weight is 576 g/mol. The SMILES string of the molecule is CC1C=CC=CC1c1ncc2c(n1)-c1ccc(-n3c4ccccc4c4ccccc43)cc1C21c2ccccc2-c2ccccc21. The van der Waals surface area contributed by atoms with Gasteiger partial charge in [-0.3, -0.25) is 0 Å². The zero-order chi connectivity index (χ0) is 29.7. The molecule has 2 atom stereocenters. The molecular weight excluding hydrogens is 546 g/mol. The standard InChI is InChI=1S/C42H29N3/c1-26-12-2-3-13-28(26)41-43-25-37-40(44-41)33-23-22-27(45-38-20-10-6-16-31(38)32-17-7-11-21-39(32)45)24-36(33)42(37)34-18-8-4-14-29(34)30-15-5-9-19-35(30)42/h2-26,28H,1H3. The van der Waals surface area contributed by atoms with Crippen molar-refractivity contribution < 1.29 is 0 Å². The minimum Gasteiger partial charge on any atom is -0.309 e. The number of nitrogens with zero attached hydrogens (tertiary/aromatic N) is 3. The maximum absolute atomic E-state index is 5.42. The van der Waals surface area contributed by atoms with Crippen molar-refractivity contribution in [2.45, 2.75) is 18.3 Å². The fraction of sp³-hybridized carbons (Fsp3) is 0.0952. The van der Waals surface area contributed by atoms with Crippen LogP contribution in [0.25, 0.3) is 49.9 Å². The van der Waals surface area contributed by atoms with Crippen LogP contribution < -0.4 is 0 Å². The monoisotopic (exact) mass is 575 g/mol. The van der Waals surface area contributed by atoms with Crippen LogP contribution >= 0.6 is 0 Å². The molecule has 5 aromatic carbocycles. The number of para-hydroxylation sites is 2. The molecule has 0 amide bonds. The molecule has 3 nitrogen and oxygen atoms in total. The van der Waals surface area contributed by atoms with Gasteiger partial charge in [0.2, 0.25) is 0 Å². The molecule has 1 spiro atoms. The highest BCUT2D eigenvalue weighted by Crippen LogP contribution is 2.62. The zero-order valence-corrected chi connectivity index (χ0v) is 24.9. The van der Waals surface area contributed by atoms with E-state index >= 15 is 0 Å². The Morgan fingerprint density at radius 3 is 1.91 bits per heavy atom. The third kappa shape index (κ3) is 3.15. The Morgan fingerprint density at radius 1 is 0.600 bits per heavy atom. The highest BCUT2D eigenvalue weighted by molar-refractivity contribution is 6.09. The first-order valence-corrected chi connectivity index (χ1v) is 15.8. The minimum absolute atomic E-state index is 0.153. The Bertz CT molecular complexity index is 2320. The van der Waals surface area contributed by atoms with E-state index in [9.17, 15) is 0 Å². The van der Waals surface area contributed by atoms with Crippen molar-refractivity contribution in [3.05, 3.63) is 174 Å². The van der Waals surface area contributed by atoms with Crippen molar-refractivity contribution in [3.8, 4) is 28.1 Å². The lowest BCUT2D eigenvalue weighted by Gasteiger charge is -2.30. The van der Waals surface area contributed by atoms with Crippen LogP contribution in [0, 0.1) is 5.92 Å². The molecule has 0 bridgehead atoms. The van der Waals surface area contributed by atoms with E-state index in [-0.39, 0.29) is 5.92 Å². The topological polar surface area (TPSA) is 30.7 Å². The zero-order valence-electron chi connectivity index (χ0n) is 24.9. The van der Waals surface area contributed by atoms with E-state index in [0.29, 0.717) is 5.92 Å². The van der Waals surface area contributed by atoms with Crippen LogP contribution in [-0.2, 0) is 5.41 Å². The molecule has 0 N–H and O–H groups in total. The summed E-state index contributed by atoms with van der Waals surface area (Å²) in [5, 5.41) is 2.53. The molecule has 3 aliphatic rings. The Balaban J connectivity index is 1.30. The molecule has 212 valence electrons. The summed E-state index contributed by atoms with van der Waals surface area (Å²) < 4.78 is 2.42. The fourth-order valence-corrected chi connectivity index (χ4v) is 8.42. The van der Waals surface area contributed by atoms with E-state index in [1.807, 2.05) is 0 Å². The Morgan fingerprint density at radius 2 is 1.22 bits per heavy atom. The molecule has 0 fully saturated rings. The first-order valence-electron chi connectivity index (χ1n) is 15.8. The molecule has 2 unspecified atom stereocenters. The number of benzene rings is 5. The summed E-state index contributed by atoms with van der Waals surface area (Å²) in [5.41, 5.74) is 12.9. The summed E-state index contributed by atoms with van der Waals surface area (Å²) in [6.45, 7) is 2.25. The van der Waals surface area contributed by atoms with Crippen molar-refractivity contribution in [1.29, 1.82) is 0 Å². The van der Waals surface area contributed by atoms with Gasteiger partial charge < -0.3 is 4.57 Å². The lowest BCUT2D eigenvalue weighted by Crippen LogP contribution is -2.26. The number of hydrogen-bond donors (Lipinski definition) is 0. The van der Waals surface area contributed by atoms with E-state index < -0.39 is 5.41 Å². The molecule has 0 saturated heterocycles. The molecular formula is C42H29N3. The summed E-state index contributed by atoms with van der Waals surface area (Å²) >= 11 is 0.